The van der Waals surface area contributed by atoms with E-state index >= 15 is 0 Å². The molecule has 0 bridgehead atoms. The Hall–Kier alpha value is -0.450. The number of aromatic nitrogens is 2. The second-order valence-electron chi connectivity index (χ2n) is 5.46. The lowest BCUT2D eigenvalue weighted by Crippen LogP contribution is -2.21. The lowest BCUT2D eigenvalue weighted by molar-refractivity contribution is 0.362. The van der Waals surface area contributed by atoms with Gasteiger partial charge in [0.05, 0.1) is 21.9 Å². The van der Waals surface area contributed by atoms with Crippen LogP contribution >= 0.6 is 35.0 Å². The molecule has 1 aromatic carbocycles. The first-order valence-electron chi connectivity index (χ1n) is 7.08. The minimum Gasteiger partial charge on any atom is -0.324 e. The predicted octanol–water partition coefficient (Wildman–Crippen LogP) is 5.41. The first-order valence-corrected chi connectivity index (χ1v) is 9.28. The molecule has 0 amide bonds. The van der Waals surface area contributed by atoms with Crippen LogP contribution < -0.4 is 0 Å². The molecule has 0 spiro atoms. The van der Waals surface area contributed by atoms with Crippen molar-refractivity contribution in [2.45, 2.75) is 42.9 Å². The molecule has 0 aliphatic heterocycles. The average molecular weight is 347 g/mol. The van der Waals surface area contributed by atoms with Crippen LogP contribution in [0.4, 0.5) is 4.39 Å². The van der Waals surface area contributed by atoms with E-state index in [4.69, 9.17) is 23.2 Å². The second kappa shape index (κ2) is 6.35. The number of hydrogen-bond acceptors (Lipinski definition) is 2. The van der Waals surface area contributed by atoms with Crippen molar-refractivity contribution in [2.75, 3.05) is 6.26 Å². The lowest BCUT2D eigenvalue weighted by atomic mass is 9.94. The van der Waals surface area contributed by atoms with Gasteiger partial charge in [-0.3, -0.25) is 0 Å². The van der Waals surface area contributed by atoms with Crippen LogP contribution in [0.25, 0.3) is 11.0 Å². The smallest absolute Gasteiger partial charge is 0.144 e. The largest absolute Gasteiger partial charge is 0.324 e. The van der Waals surface area contributed by atoms with E-state index in [1.54, 1.807) is 6.07 Å². The van der Waals surface area contributed by atoms with Crippen molar-refractivity contribution in [1.82, 2.24) is 9.55 Å². The van der Waals surface area contributed by atoms with Gasteiger partial charge >= 0.3 is 0 Å². The van der Waals surface area contributed by atoms with E-state index in [-0.39, 0.29) is 5.02 Å². The fourth-order valence-corrected chi connectivity index (χ4v) is 4.37. The van der Waals surface area contributed by atoms with Crippen molar-refractivity contribution in [1.29, 1.82) is 0 Å². The molecule has 6 heteroatoms. The number of fused-ring (bicyclic) bond motifs is 1. The molecule has 0 N–H and O–H groups in total. The Morgan fingerprint density at radius 2 is 2.24 bits per heavy atom. The molecule has 1 saturated carbocycles. The van der Waals surface area contributed by atoms with Gasteiger partial charge in [-0.25, -0.2) is 9.37 Å². The number of rotatable bonds is 3. The van der Waals surface area contributed by atoms with E-state index < -0.39 is 5.82 Å². The van der Waals surface area contributed by atoms with E-state index in [2.05, 4.69) is 15.8 Å². The molecule has 2 aromatic rings. The third-order valence-corrected chi connectivity index (χ3v) is 5.84. The molecule has 114 valence electrons. The monoisotopic (exact) mass is 346 g/mol. The van der Waals surface area contributed by atoms with Crippen LogP contribution in [-0.4, -0.2) is 21.1 Å². The summed E-state index contributed by atoms with van der Waals surface area (Å²) in [6.45, 7) is 0. The Morgan fingerprint density at radius 3 is 2.95 bits per heavy atom. The van der Waals surface area contributed by atoms with E-state index in [1.165, 1.54) is 18.9 Å². The number of nitrogens with zero attached hydrogens (tertiary/aromatic N) is 2. The highest BCUT2D eigenvalue weighted by Crippen LogP contribution is 2.37. The molecular formula is C15H17Cl2FN2S. The summed E-state index contributed by atoms with van der Waals surface area (Å²) in [7, 11) is 0. The molecular weight excluding hydrogens is 330 g/mol. The Morgan fingerprint density at radius 1 is 1.43 bits per heavy atom. The molecule has 2 atom stereocenters. The van der Waals surface area contributed by atoms with E-state index in [0.717, 1.165) is 24.2 Å². The Bertz CT molecular complexity index is 659. The van der Waals surface area contributed by atoms with Crippen molar-refractivity contribution in [3.63, 3.8) is 0 Å². The van der Waals surface area contributed by atoms with Gasteiger partial charge in [0.1, 0.15) is 11.6 Å². The van der Waals surface area contributed by atoms with Crippen molar-refractivity contribution in [3.8, 4) is 0 Å². The number of thioether (sulfide) groups is 1. The highest BCUT2D eigenvalue weighted by molar-refractivity contribution is 7.99. The molecule has 0 radical (unpaired) electrons. The van der Waals surface area contributed by atoms with Crippen molar-refractivity contribution < 1.29 is 4.39 Å². The molecule has 2 unspecified atom stereocenters. The van der Waals surface area contributed by atoms with Gasteiger partial charge in [0.2, 0.25) is 0 Å². The Kier molecular flexibility index (Phi) is 4.67. The third kappa shape index (κ3) is 2.90. The van der Waals surface area contributed by atoms with Crippen molar-refractivity contribution in [2.24, 2.45) is 0 Å². The van der Waals surface area contributed by atoms with Crippen LogP contribution in [0, 0.1) is 5.82 Å². The summed E-state index contributed by atoms with van der Waals surface area (Å²) in [6.07, 6.45) is 6.84. The molecule has 1 aliphatic carbocycles. The Balaban J connectivity index is 2.09. The van der Waals surface area contributed by atoms with Crippen molar-refractivity contribution >= 4 is 46.0 Å². The van der Waals surface area contributed by atoms with Gasteiger partial charge in [-0.05, 0) is 31.6 Å². The minimum absolute atomic E-state index is 0.141. The molecule has 1 fully saturated rings. The summed E-state index contributed by atoms with van der Waals surface area (Å²) in [4.78, 5) is 4.48. The minimum atomic E-state index is -0.430. The maximum absolute atomic E-state index is 13.6. The van der Waals surface area contributed by atoms with Gasteiger partial charge < -0.3 is 4.57 Å². The number of benzene rings is 1. The summed E-state index contributed by atoms with van der Waals surface area (Å²) < 4.78 is 15.8. The summed E-state index contributed by atoms with van der Waals surface area (Å²) in [5.41, 5.74) is 1.53. The third-order valence-electron chi connectivity index (χ3n) is 4.22. The van der Waals surface area contributed by atoms with Crippen LogP contribution in [0.1, 0.15) is 37.5 Å². The SMILES string of the molecule is CSC1CCCC(n2c(CCl)nc3cc(F)c(Cl)cc32)C1. The first kappa shape index (κ1) is 15.4. The normalized spacial score (nSPS) is 22.9. The average Bonchev–Trinajstić information content (AvgIpc) is 2.85. The summed E-state index contributed by atoms with van der Waals surface area (Å²) in [6, 6.07) is 3.45. The molecule has 1 aromatic heterocycles. The topological polar surface area (TPSA) is 17.8 Å². The fourth-order valence-electron chi connectivity index (χ4n) is 3.21. The van der Waals surface area contributed by atoms with E-state index in [9.17, 15) is 4.39 Å². The zero-order chi connectivity index (χ0) is 15.0. The van der Waals surface area contributed by atoms with Gasteiger partial charge in [0.15, 0.2) is 0 Å². The van der Waals surface area contributed by atoms with E-state index in [1.807, 2.05) is 11.8 Å². The highest BCUT2D eigenvalue weighted by Gasteiger charge is 2.26. The van der Waals surface area contributed by atoms with Gasteiger partial charge in [-0.15, -0.1) is 11.6 Å². The van der Waals surface area contributed by atoms with Crippen LogP contribution in [-0.2, 0) is 5.88 Å². The zero-order valence-electron chi connectivity index (χ0n) is 11.8. The first-order chi connectivity index (χ1) is 10.1. The quantitative estimate of drug-likeness (QED) is 0.691. The van der Waals surface area contributed by atoms with Gasteiger partial charge in [-0.2, -0.15) is 11.8 Å². The van der Waals surface area contributed by atoms with Gasteiger partial charge in [0, 0.05) is 17.4 Å². The van der Waals surface area contributed by atoms with Gasteiger partial charge in [-0.1, -0.05) is 18.0 Å². The van der Waals surface area contributed by atoms with E-state index in [0.29, 0.717) is 22.7 Å². The summed E-state index contributed by atoms with van der Waals surface area (Å²) in [5.74, 6) is 0.703. The summed E-state index contributed by atoms with van der Waals surface area (Å²) in [5, 5.41) is 0.808. The zero-order valence-corrected chi connectivity index (χ0v) is 14.1. The molecule has 1 aliphatic rings. The molecule has 0 saturated heterocycles. The van der Waals surface area contributed by atoms with Crippen LogP contribution in [0.5, 0.6) is 0 Å². The molecule has 3 rings (SSSR count). The number of hydrogen-bond donors (Lipinski definition) is 0. The number of halogens is 3. The van der Waals surface area contributed by atoms with Crippen molar-refractivity contribution in [3.05, 3.63) is 28.8 Å². The molecule has 21 heavy (non-hydrogen) atoms. The summed E-state index contributed by atoms with van der Waals surface area (Å²) >= 11 is 13.9. The molecule has 1 heterocycles. The number of imidazole rings is 1. The van der Waals surface area contributed by atoms with Crippen LogP contribution in [0.15, 0.2) is 12.1 Å². The fraction of sp³-hybridized carbons (Fsp3) is 0.533. The maximum atomic E-state index is 13.6. The second-order valence-corrected chi connectivity index (χ2v) is 7.28. The van der Waals surface area contributed by atoms with Crippen LogP contribution in [0.2, 0.25) is 5.02 Å². The lowest BCUT2D eigenvalue weighted by Gasteiger charge is -2.30. The standard InChI is InChI=1S/C15H17Cl2FN2S/c1-21-10-4-2-3-9(5-10)20-14-6-11(17)12(18)7-13(14)19-15(20)8-16/h6-7,9-10H,2-5,8H2,1H3. The van der Waals surface area contributed by atoms with Crippen LogP contribution in [0.3, 0.4) is 0 Å². The molecule has 2 nitrogen and oxygen atoms in total. The maximum Gasteiger partial charge on any atom is 0.144 e. The Labute approximate surface area is 138 Å². The number of alkyl halides is 1. The predicted molar refractivity (Wildman–Crippen MR) is 89.1 cm³/mol. The highest BCUT2D eigenvalue weighted by atomic mass is 35.5. The van der Waals surface area contributed by atoms with Gasteiger partial charge in [0.25, 0.3) is 0 Å².